The quantitative estimate of drug-likeness (QED) is 0.716. The van der Waals surface area contributed by atoms with Gasteiger partial charge in [0, 0.05) is 34.2 Å². The lowest BCUT2D eigenvalue weighted by Gasteiger charge is -2.37. The van der Waals surface area contributed by atoms with E-state index < -0.39 is 0 Å². The van der Waals surface area contributed by atoms with Gasteiger partial charge in [0.15, 0.2) is 0 Å². The monoisotopic (exact) mass is 349 g/mol. The summed E-state index contributed by atoms with van der Waals surface area (Å²) in [6, 6.07) is 0. The van der Waals surface area contributed by atoms with Crippen LogP contribution >= 0.6 is 12.4 Å². The van der Waals surface area contributed by atoms with Crippen LogP contribution in [0.15, 0.2) is 0 Å². The maximum absolute atomic E-state index is 12.7. The zero-order valence-corrected chi connectivity index (χ0v) is 15.5. The number of methoxy groups -OCH3 is 1. The Bertz CT molecular complexity index is 372. The van der Waals surface area contributed by atoms with E-state index in [4.69, 9.17) is 10.5 Å². The van der Waals surface area contributed by atoms with Gasteiger partial charge in [-0.15, -0.1) is 12.4 Å². The minimum Gasteiger partial charge on any atom is -0.383 e. The summed E-state index contributed by atoms with van der Waals surface area (Å²) in [5.74, 6) is -0.0607. The molecule has 0 bridgehead atoms. The maximum atomic E-state index is 12.7. The fourth-order valence-electron chi connectivity index (χ4n) is 2.99. The molecule has 0 unspecified atom stereocenters. The van der Waals surface area contributed by atoms with Gasteiger partial charge in [-0.05, 0) is 24.8 Å². The number of nitrogens with two attached hydrogens (primary N) is 1. The molecule has 1 rings (SSSR count). The number of carbonyl (C=O) groups is 2. The Morgan fingerprint density at radius 1 is 1.13 bits per heavy atom. The third-order valence-corrected chi connectivity index (χ3v) is 4.62. The fourth-order valence-corrected chi connectivity index (χ4v) is 2.99. The summed E-state index contributed by atoms with van der Waals surface area (Å²) in [4.78, 5) is 27.7. The van der Waals surface area contributed by atoms with Crippen molar-refractivity contribution in [2.45, 2.75) is 38.5 Å². The number of carbonyl (C=O) groups excluding carboxylic acids is 2. The van der Waals surface area contributed by atoms with Crippen LogP contribution in [0.2, 0.25) is 0 Å². The highest BCUT2D eigenvalue weighted by atomic mass is 35.5. The van der Waals surface area contributed by atoms with Gasteiger partial charge < -0.3 is 20.3 Å². The van der Waals surface area contributed by atoms with Crippen LogP contribution in [0.3, 0.4) is 0 Å². The highest BCUT2D eigenvalue weighted by Gasteiger charge is 2.34. The highest BCUT2D eigenvalue weighted by molar-refractivity contribution is 5.85. The van der Waals surface area contributed by atoms with E-state index in [1.54, 1.807) is 26.1 Å². The molecule has 0 aliphatic heterocycles. The predicted molar refractivity (Wildman–Crippen MR) is 93.6 cm³/mol. The Balaban J connectivity index is 0.00000484. The van der Waals surface area contributed by atoms with E-state index in [0.29, 0.717) is 26.1 Å². The van der Waals surface area contributed by atoms with Crippen LogP contribution in [-0.2, 0) is 14.3 Å². The Hall–Kier alpha value is -0.850. The normalized spacial score (nSPS) is 16.3. The summed E-state index contributed by atoms with van der Waals surface area (Å²) < 4.78 is 5.06. The molecule has 23 heavy (non-hydrogen) atoms. The molecule has 0 aromatic rings. The molecule has 0 aromatic carbocycles. The molecule has 0 radical (unpaired) electrons. The molecule has 6 nitrogen and oxygen atoms in total. The van der Waals surface area contributed by atoms with Crippen LogP contribution in [0.5, 0.6) is 0 Å². The number of ether oxygens (including phenoxy) is 1. The van der Waals surface area contributed by atoms with Crippen molar-refractivity contribution in [1.82, 2.24) is 9.80 Å². The van der Waals surface area contributed by atoms with Gasteiger partial charge in [0.25, 0.3) is 0 Å². The molecule has 2 N–H and O–H groups in total. The average Bonchev–Trinajstić information content (AvgIpc) is 2.51. The molecule has 0 spiro atoms. The van der Waals surface area contributed by atoms with Gasteiger partial charge in [0.2, 0.25) is 11.8 Å². The predicted octanol–water partition coefficient (Wildman–Crippen LogP) is 1.27. The Morgan fingerprint density at radius 2 is 1.74 bits per heavy atom. The summed E-state index contributed by atoms with van der Waals surface area (Å²) in [6.45, 7) is 1.52. The van der Waals surface area contributed by atoms with Crippen LogP contribution in [0.4, 0.5) is 0 Å². The van der Waals surface area contributed by atoms with Gasteiger partial charge in [-0.1, -0.05) is 19.3 Å². The summed E-state index contributed by atoms with van der Waals surface area (Å²) in [5, 5.41) is 0. The van der Waals surface area contributed by atoms with E-state index in [1.807, 2.05) is 0 Å². The number of rotatable bonds is 8. The third kappa shape index (κ3) is 7.06. The number of nitrogens with zero attached hydrogens (tertiary/aromatic N) is 2. The molecular formula is C16H32ClN3O3. The first-order chi connectivity index (χ1) is 10.4. The van der Waals surface area contributed by atoms with E-state index in [9.17, 15) is 9.59 Å². The van der Waals surface area contributed by atoms with Gasteiger partial charge in [0.05, 0.1) is 13.2 Å². The Kier molecular flexibility index (Phi) is 10.4. The molecule has 0 aromatic heterocycles. The number of amides is 2. The van der Waals surface area contributed by atoms with E-state index in [0.717, 1.165) is 25.7 Å². The number of likely N-dealkylation sites (N-methyl/N-ethyl adjacent to an activating group) is 1. The fraction of sp³-hybridized carbons (Fsp3) is 0.875. The summed E-state index contributed by atoms with van der Waals surface area (Å²) in [5.41, 5.74) is 5.88. The zero-order chi connectivity index (χ0) is 16.6. The maximum Gasteiger partial charge on any atom is 0.241 e. The first-order valence-corrected chi connectivity index (χ1v) is 8.11. The van der Waals surface area contributed by atoms with Crippen LogP contribution in [-0.4, -0.2) is 69.1 Å². The number of hydrogen-bond acceptors (Lipinski definition) is 4. The average molecular weight is 350 g/mol. The minimum atomic E-state index is -0.0815. The van der Waals surface area contributed by atoms with Crippen molar-refractivity contribution in [3.63, 3.8) is 0 Å². The Labute approximate surface area is 146 Å². The molecule has 0 atom stereocenters. The second kappa shape index (κ2) is 10.8. The SMILES string of the molecule is COCCN(CC(=O)N(C)C)C(=O)CC1(CN)CCCCC1.Cl. The molecule has 1 aliphatic carbocycles. The zero-order valence-electron chi connectivity index (χ0n) is 14.7. The minimum absolute atomic E-state index is 0. The molecule has 0 heterocycles. The van der Waals surface area contributed by atoms with Gasteiger partial charge in [0.1, 0.15) is 0 Å². The Morgan fingerprint density at radius 3 is 2.22 bits per heavy atom. The van der Waals surface area contributed by atoms with Crippen molar-refractivity contribution >= 4 is 24.2 Å². The number of halogens is 1. The lowest BCUT2D eigenvalue weighted by Crippen LogP contribution is -2.45. The second-order valence-electron chi connectivity index (χ2n) is 6.54. The van der Waals surface area contributed by atoms with Crippen LogP contribution < -0.4 is 5.73 Å². The van der Waals surface area contributed by atoms with Crippen molar-refractivity contribution in [3.8, 4) is 0 Å². The van der Waals surface area contributed by atoms with Crippen molar-refractivity contribution in [1.29, 1.82) is 0 Å². The van der Waals surface area contributed by atoms with Crippen LogP contribution in [0.1, 0.15) is 38.5 Å². The first-order valence-electron chi connectivity index (χ1n) is 8.11. The third-order valence-electron chi connectivity index (χ3n) is 4.62. The number of hydrogen-bond donors (Lipinski definition) is 1. The van der Waals surface area contributed by atoms with E-state index in [1.165, 1.54) is 11.3 Å². The first kappa shape index (κ1) is 22.1. The van der Waals surface area contributed by atoms with Gasteiger partial charge in [-0.25, -0.2) is 0 Å². The molecule has 1 aliphatic rings. The van der Waals surface area contributed by atoms with E-state index >= 15 is 0 Å². The highest BCUT2D eigenvalue weighted by Crippen LogP contribution is 2.38. The molecular weight excluding hydrogens is 318 g/mol. The standard InChI is InChI=1S/C16H31N3O3.ClH/c1-18(2)15(21)12-19(9-10-22-3)14(20)11-16(13-17)7-5-4-6-8-16;/h4-13,17H2,1-3H3;1H. The lowest BCUT2D eigenvalue weighted by molar-refractivity contribution is -0.141. The second-order valence-corrected chi connectivity index (χ2v) is 6.54. The topological polar surface area (TPSA) is 75.9 Å². The van der Waals surface area contributed by atoms with Crippen LogP contribution in [0.25, 0.3) is 0 Å². The van der Waals surface area contributed by atoms with E-state index in [-0.39, 0.29) is 36.2 Å². The van der Waals surface area contributed by atoms with Gasteiger partial charge in [-0.2, -0.15) is 0 Å². The summed E-state index contributed by atoms with van der Waals surface area (Å²) >= 11 is 0. The van der Waals surface area contributed by atoms with Crippen molar-refractivity contribution in [2.75, 3.05) is 47.4 Å². The summed E-state index contributed by atoms with van der Waals surface area (Å²) in [7, 11) is 4.99. The smallest absolute Gasteiger partial charge is 0.241 e. The largest absolute Gasteiger partial charge is 0.383 e. The summed E-state index contributed by atoms with van der Waals surface area (Å²) in [6.07, 6.45) is 5.96. The molecule has 136 valence electrons. The van der Waals surface area contributed by atoms with Crippen molar-refractivity contribution in [3.05, 3.63) is 0 Å². The lowest BCUT2D eigenvalue weighted by atomic mass is 9.71. The molecule has 1 saturated carbocycles. The van der Waals surface area contributed by atoms with Gasteiger partial charge >= 0.3 is 0 Å². The van der Waals surface area contributed by atoms with Crippen LogP contribution in [0, 0.1) is 5.41 Å². The molecule has 2 amide bonds. The molecule has 0 saturated heterocycles. The van der Waals surface area contributed by atoms with E-state index in [2.05, 4.69) is 0 Å². The van der Waals surface area contributed by atoms with Crippen molar-refractivity contribution < 1.29 is 14.3 Å². The van der Waals surface area contributed by atoms with Gasteiger partial charge in [-0.3, -0.25) is 9.59 Å². The molecule has 1 fully saturated rings. The van der Waals surface area contributed by atoms with Crippen molar-refractivity contribution in [2.24, 2.45) is 11.1 Å². The molecule has 7 heteroatoms.